The second kappa shape index (κ2) is 17.7. The Labute approximate surface area is 385 Å². The van der Waals surface area contributed by atoms with Crippen LogP contribution >= 0.6 is 0 Å². The number of ketones is 2. The molecule has 16 nitrogen and oxygen atoms in total. The minimum atomic E-state index is -0.892. The van der Waals surface area contributed by atoms with Gasteiger partial charge in [0.05, 0.1) is 46.8 Å². The number of nitrogens with zero attached hydrogens (tertiary/aromatic N) is 8. The molecule has 0 bridgehead atoms. The number of methoxy groups -OCH3 is 1. The molecule has 5 heterocycles. The molecule has 4 aliphatic rings. The highest BCUT2D eigenvalue weighted by Gasteiger charge is 2.47. The maximum atomic E-state index is 13.9. The standard InChI is InChI=1S/C50H49FN10O6/c1-3-36-41(62)16-15-40(45(36)63)60-49(65)37-14-13-35(23-38(37)50(60)66)59-26-30(27-59)25-57-18-20-58(21-19-57)33-9-11-34(12-10-33)61-47-43(46(52)54-28-55-47)44(56-61)31-6-4-29(5-7-31)24-53-48(64)39-22-32(51)8-17-42(39)67-2/h4-14,17,22-23,28,30,36,40H,3,15-16,18-21,24-27H2,1-2H3,(H,53,64)(H2,52,54,55). The van der Waals surface area contributed by atoms with Gasteiger partial charge in [-0.2, -0.15) is 5.10 Å². The molecule has 3 N–H and O–H groups in total. The predicted octanol–water partition coefficient (Wildman–Crippen LogP) is 5.32. The van der Waals surface area contributed by atoms with E-state index >= 15 is 0 Å². The highest BCUT2D eigenvalue weighted by Crippen LogP contribution is 2.36. The molecule has 67 heavy (non-hydrogen) atoms. The molecule has 17 heteroatoms. The topological polar surface area (TPSA) is 189 Å². The van der Waals surface area contributed by atoms with Gasteiger partial charge in [-0.15, -0.1) is 0 Å². The molecule has 3 fully saturated rings. The van der Waals surface area contributed by atoms with Crippen LogP contribution in [0.2, 0.25) is 0 Å². The summed E-state index contributed by atoms with van der Waals surface area (Å²) in [5.41, 5.74) is 12.8. The van der Waals surface area contributed by atoms with Crippen molar-refractivity contribution in [1.29, 1.82) is 0 Å². The Balaban J connectivity index is 0.735. The van der Waals surface area contributed by atoms with Crippen molar-refractivity contribution in [2.45, 2.75) is 38.8 Å². The number of hydrogen-bond acceptors (Lipinski definition) is 13. The third kappa shape index (κ3) is 8.02. The van der Waals surface area contributed by atoms with Gasteiger partial charge < -0.3 is 25.6 Å². The Bertz CT molecular complexity index is 2940. The molecule has 2 atom stereocenters. The first-order chi connectivity index (χ1) is 32.5. The van der Waals surface area contributed by atoms with Crippen molar-refractivity contribution in [3.05, 3.63) is 119 Å². The molecule has 4 aromatic carbocycles. The normalized spacial score (nSPS) is 19.0. The Hall–Kier alpha value is -7.53. The number of aromatic nitrogens is 4. The zero-order valence-electron chi connectivity index (χ0n) is 37.2. The highest BCUT2D eigenvalue weighted by atomic mass is 19.1. The average Bonchev–Trinajstić information content (AvgIpc) is 3.84. The van der Waals surface area contributed by atoms with Crippen molar-refractivity contribution in [2.75, 3.05) is 68.5 Å². The maximum absolute atomic E-state index is 13.9. The van der Waals surface area contributed by atoms with Crippen LogP contribution in [-0.4, -0.2) is 118 Å². The maximum Gasteiger partial charge on any atom is 0.262 e. The number of nitrogen functional groups attached to an aromatic ring is 1. The van der Waals surface area contributed by atoms with E-state index in [0.717, 1.165) is 85.0 Å². The molecular weight excluding hydrogens is 856 g/mol. The molecule has 1 saturated carbocycles. The molecule has 10 rings (SSSR count). The van der Waals surface area contributed by atoms with E-state index in [0.29, 0.717) is 46.0 Å². The van der Waals surface area contributed by atoms with Gasteiger partial charge in [-0.05, 0) is 79.1 Å². The summed E-state index contributed by atoms with van der Waals surface area (Å²) in [6, 6.07) is 24.1. The number of anilines is 3. The van der Waals surface area contributed by atoms with Crippen molar-refractivity contribution in [3.63, 3.8) is 0 Å². The summed E-state index contributed by atoms with van der Waals surface area (Å²) in [5.74, 6) is -2.03. The van der Waals surface area contributed by atoms with E-state index in [4.69, 9.17) is 15.6 Å². The van der Waals surface area contributed by atoms with Crippen LogP contribution in [0.3, 0.4) is 0 Å². The molecule has 3 aliphatic heterocycles. The van der Waals surface area contributed by atoms with Crippen LogP contribution < -0.4 is 25.6 Å². The fourth-order valence-electron chi connectivity index (χ4n) is 9.93. The van der Waals surface area contributed by atoms with Crippen LogP contribution in [0.5, 0.6) is 5.75 Å². The smallest absolute Gasteiger partial charge is 0.262 e. The van der Waals surface area contributed by atoms with Crippen molar-refractivity contribution >= 4 is 57.5 Å². The quantitative estimate of drug-likeness (QED) is 0.119. The minimum absolute atomic E-state index is 0.112. The number of piperazine rings is 1. The molecule has 1 aliphatic carbocycles. The van der Waals surface area contributed by atoms with Crippen molar-refractivity contribution in [1.82, 2.24) is 34.9 Å². The molecule has 2 aromatic heterocycles. The lowest BCUT2D eigenvalue weighted by Gasteiger charge is -2.45. The summed E-state index contributed by atoms with van der Waals surface area (Å²) >= 11 is 0. The third-order valence-electron chi connectivity index (χ3n) is 13.6. The van der Waals surface area contributed by atoms with E-state index in [1.165, 1.54) is 25.6 Å². The van der Waals surface area contributed by atoms with Crippen molar-refractivity contribution in [2.24, 2.45) is 11.8 Å². The zero-order valence-corrected chi connectivity index (χ0v) is 37.2. The van der Waals surface area contributed by atoms with E-state index in [1.807, 2.05) is 42.5 Å². The SMILES string of the molecule is CCC1C(=O)CCC(N2C(=O)c3ccc(N4CC(CN5CCN(c6ccc(-n7nc(-c8ccc(CNC(=O)c9cc(F)ccc9OC)cc8)c8c(N)ncnc87)cc6)CC5)C4)cc3C2=O)C1=O. The average molecular weight is 905 g/mol. The lowest BCUT2D eigenvalue weighted by Crippen LogP contribution is -2.55. The first kappa shape index (κ1) is 43.4. The van der Waals surface area contributed by atoms with Crippen LogP contribution in [0.25, 0.3) is 28.0 Å². The summed E-state index contributed by atoms with van der Waals surface area (Å²) < 4.78 is 20.9. The first-order valence-electron chi connectivity index (χ1n) is 22.6. The number of ether oxygens (including phenoxy) is 1. The van der Waals surface area contributed by atoms with E-state index in [9.17, 15) is 28.4 Å². The number of imide groups is 1. The second-order valence-electron chi connectivity index (χ2n) is 17.6. The number of amides is 3. The number of fused-ring (bicyclic) bond motifs is 2. The fraction of sp³-hybridized carbons (Fsp3) is 0.320. The zero-order chi connectivity index (χ0) is 46.5. The molecular formula is C50H49FN10O6. The van der Waals surface area contributed by atoms with Gasteiger partial charge in [-0.3, -0.25) is 33.8 Å². The Morgan fingerprint density at radius 3 is 2.28 bits per heavy atom. The number of benzene rings is 4. The second-order valence-corrected chi connectivity index (χ2v) is 17.6. The molecule has 342 valence electrons. The van der Waals surface area contributed by atoms with Gasteiger partial charge in [-0.25, -0.2) is 19.0 Å². The van der Waals surface area contributed by atoms with Crippen LogP contribution in [0.4, 0.5) is 21.6 Å². The Morgan fingerprint density at radius 2 is 1.55 bits per heavy atom. The number of carbonyl (C=O) groups is 5. The molecule has 2 unspecified atom stereocenters. The number of rotatable bonds is 12. The van der Waals surface area contributed by atoms with E-state index in [2.05, 4.69) is 42.1 Å². The van der Waals surface area contributed by atoms with Gasteiger partial charge in [0.2, 0.25) is 0 Å². The van der Waals surface area contributed by atoms with E-state index < -0.39 is 35.5 Å². The molecule has 6 aromatic rings. The molecule has 0 spiro atoms. The summed E-state index contributed by atoms with van der Waals surface area (Å²) in [6.45, 7) is 8.24. The van der Waals surface area contributed by atoms with Crippen molar-refractivity contribution < 1.29 is 33.1 Å². The molecule has 3 amide bonds. The van der Waals surface area contributed by atoms with Gasteiger partial charge in [0.1, 0.15) is 35.2 Å². The number of hydrogen-bond donors (Lipinski definition) is 2. The number of nitrogens with two attached hydrogens (primary N) is 1. The monoisotopic (exact) mass is 904 g/mol. The number of halogens is 1. The Kier molecular flexibility index (Phi) is 11.5. The van der Waals surface area contributed by atoms with Crippen LogP contribution in [0.15, 0.2) is 91.3 Å². The van der Waals surface area contributed by atoms with Gasteiger partial charge in [-0.1, -0.05) is 31.2 Å². The lowest BCUT2D eigenvalue weighted by molar-refractivity contribution is -0.139. The van der Waals surface area contributed by atoms with Gasteiger partial charge in [0.15, 0.2) is 11.4 Å². The molecule has 0 radical (unpaired) electrons. The third-order valence-corrected chi connectivity index (χ3v) is 13.6. The summed E-state index contributed by atoms with van der Waals surface area (Å²) in [6.07, 6.45) is 2.17. The van der Waals surface area contributed by atoms with Crippen molar-refractivity contribution in [3.8, 4) is 22.7 Å². The highest BCUT2D eigenvalue weighted by molar-refractivity contribution is 6.24. The molecule has 2 saturated heterocycles. The lowest BCUT2D eigenvalue weighted by atomic mass is 9.81. The number of carbonyl (C=O) groups excluding carboxylic acids is 5. The van der Waals surface area contributed by atoms with E-state index in [1.54, 1.807) is 23.7 Å². The number of nitrogens with one attached hydrogen (secondary N) is 1. The number of Topliss-reactive ketones (excluding diaryl/α,β-unsaturated/α-hetero) is 2. The van der Waals surface area contributed by atoms with Crippen LogP contribution in [0.1, 0.15) is 62.8 Å². The Morgan fingerprint density at radius 1 is 0.836 bits per heavy atom. The first-order valence-corrected chi connectivity index (χ1v) is 22.6. The summed E-state index contributed by atoms with van der Waals surface area (Å²) in [5, 5.41) is 8.42. The largest absolute Gasteiger partial charge is 0.496 e. The van der Waals surface area contributed by atoms with Gasteiger partial charge in [0, 0.05) is 81.6 Å². The van der Waals surface area contributed by atoms with Gasteiger partial charge >= 0.3 is 0 Å². The van der Waals surface area contributed by atoms with Crippen LogP contribution in [-0.2, 0) is 16.1 Å². The van der Waals surface area contributed by atoms with E-state index in [-0.39, 0.29) is 42.3 Å². The summed E-state index contributed by atoms with van der Waals surface area (Å²) in [7, 11) is 1.43. The van der Waals surface area contributed by atoms with Crippen LogP contribution in [0, 0.1) is 17.7 Å². The predicted molar refractivity (Wildman–Crippen MR) is 249 cm³/mol. The minimum Gasteiger partial charge on any atom is -0.496 e. The fourth-order valence-corrected chi connectivity index (χ4v) is 9.93. The van der Waals surface area contributed by atoms with Gasteiger partial charge in [0.25, 0.3) is 17.7 Å². The summed E-state index contributed by atoms with van der Waals surface area (Å²) in [4.78, 5) is 82.2.